The fourth-order valence-corrected chi connectivity index (χ4v) is 2.94. The van der Waals surface area contributed by atoms with Crippen LogP contribution in [0.3, 0.4) is 0 Å². The molecule has 2 N–H and O–H groups in total. The zero-order valence-corrected chi connectivity index (χ0v) is 16.7. The van der Waals surface area contributed by atoms with E-state index in [0.29, 0.717) is 13.0 Å². The fourth-order valence-electron chi connectivity index (χ4n) is 2.50. The summed E-state index contributed by atoms with van der Waals surface area (Å²) in [5.41, 5.74) is 2.38. The van der Waals surface area contributed by atoms with Crippen LogP contribution >= 0.6 is 12.0 Å². The monoisotopic (exact) mass is 415 g/mol. The van der Waals surface area contributed by atoms with Crippen molar-refractivity contribution in [2.24, 2.45) is 5.16 Å². The summed E-state index contributed by atoms with van der Waals surface area (Å²) < 4.78 is 15.8. The number of nitrogens with one attached hydrogen (secondary N) is 2. The quantitative estimate of drug-likeness (QED) is 0.269. The van der Waals surface area contributed by atoms with Crippen molar-refractivity contribution < 1.29 is 23.3 Å². The third kappa shape index (κ3) is 6.72. The number of anilines is 2. The van der Waals surface area contributed by atoms with E-state index in [9.17, 15) is 9.59 Å². The van der Waals surface area contributed by atoms with Gasteiger partial charge in [-0.3, -0.25) is 10.1 Å². The molecule has 29 heavy (non-hydrogen) atoms. The van der Waals surface area contributed by atoms with Gasteiger partial charge in [0.1, 0.15) is 24.4 Å². The van der Waals surface area contributed by atoms with E-state index in [1.54, 1.807) is 24.4 Å². The molecular formula is C20H21N3O5S. The smallest absolute Gasteiger partial charge is 0.411 e. The molecule has 9 heteroatoms. The number of nitrogens with zero attached hydrogens (tertiary/aromatic N) is 1. The lowest BCUT2D eigenvalue weighted by Gasteiger charge is -2.18. The molecule has 3 rings (SSSR count). The first kappa shape index (κ1) is 20.5. The minimum Gasteiger partial charge on any atom is -0.494 e. The van der Waals surface area contributed by atoms with E-state index < -0.39 is 6.09 Å². The molecule has 152 valence electrons. The summed E-state index contributed by atoms with van der Waals surface area (Å²) in [6, 6.07) is 12.8. The van der Waals surface area contributed by atoms with Gasteiger partial charge >= 0.3 is 6.09 Å². The summed E-state index contributed by atoms with van der Waals surface area (Å²) in [6.07, 6.45) is 2.75. The van der Waals surface area contributed by atoms with E-state index in [1.807, 2.05) is 24.3 Å². The van der Waals surface area contributed by atoms with E-state index >= 15 is 0 Å². The highest BCUT2D eigenvalue weighted by atomic mass is 32.2. The molecule has 0 radical (unpaired) electrons. The van der Waals surface area contributed by atoms with Gasteiger partial charge in [-0.2, -0.15) is 0 Å². The van der Waals surface area contributed by atoms with E-state index in [1.165, 1.54) is 6.92 Å². The van der Waals surface area contributed by atoms with E-state index in [-0.39, 0.29) is 12.5 Å². The number of carbonyl (C=O) groups excluding carboxylic acids is 2. The van der Waals surface area contributed by atoms with Crippen LogP contribution in [-0.4, -0.2) is 24.8 Å². The molecule has 1 heterocycles. The first-order valence-corrected chi connectivity index (χ1v) is 9.77. The number of hydrogen-bond donors (Lipinski definition) is 2. The molecule has 0 spiro atoms. The van der Waals surface area contributed by atoms with Gasteiger partial charge in [-0.15, -0.1) is 0 Å². The second kappa shape index (κ2) is 10.4. The van der Waals surface area contributed by atoms with Gasteiger partial charge in [0.2, 0.25) is 5.91 Å². The highest BCUT2D eigenvalue weighted by molar-refractivity contribution is 7.94. The zero-order chi connectivity index (χ0) is 20.5. The molecule has 0 aromatic heterocycles. The first-order valence-electron chi connectivity index (χ1n) is 9.03. The molecule has 2 aromatic rings. The Morgan fingerprint density at radius 3 is 2.93 bits per heavy atom. The van der Waals surface area contributed by atoms with Gasteiger partial charge in [0.05, 0.1) is 17.2 Å². The van der Waals surface area contributed by atoms with Crippen molar-refractivity contribution in [2.45, 2.75) is 31.3 Å². The first-order chi connectivity index (χ1) is 14.1. The number of amides is 2. The Balaban J connectivity index is 1.30. The Morgan fingerprint density at radius 2 is 2.14 bits per heavy atom. The van der Waals surface area contributed by atoms with Crippen LogP contribution in [0.15, 0.2) is 52.5 Å². The molecule has 0 bridgehead atoms. The lowest BCUT2D eigenvalue weighted by Crippen LogP contribution is -2.20. The molecule has 2 amide bonds. The maximum absolute atomic E-state index is 11.2. The second-order valence-corrected chi connectivity index (χ2v) is 6.95. The van der Waals surface area contributed by atoms with Gasteiger partial charge in [0.25, 0.3) is 0 Å². The summed E-state index contributed by atoms with van der Waals surface area (Å²) in [6.45, 7) is 2.25. The molecule has 0 aliphatic carbocycles. The zero-order valence-electron chi connectivity index (χ0n) is 15.8. The summed E-state index contributed by atoms with van der Waals surface area (Å²) in [5, 5.41) is 9.24. The number of cyclic esters (lactones) is 1. The van der Waals surface area contributed by atoms with E-state index in [0.717, 1.165) is 46.0 Å². The van der Waals surface area contributed by atoms with Crippen LogP contribution in [0.1, 0.15) is 25.3 Å². The predicted octanol–water partition coefficient (Wildman–Crippen LogP) is 4.58. The van der Waals surface area contributed by atoms with Crippen molar-refractivity contribution in [1.29, 1.82) is 0 Å². The van der Waals surface area contributed by atoms with Crippen molar-refractivity contribution in [3.8, 4) is 5.75 Å². The molecule has 0 fully saturated rings. The van der Waals surface area contributed by atoms with Crippen molar-refractivity contribution in [2.75, 3.05) is 17.2 Å². The normalized spacial score (nSPS) is 12.7. The number of unbranched alkanes of at least 4 members (excludes halogenated alkanes) is 1. The molecule has 0 saturated heterocycles. The molecule has 1 aliphatic rings. The molecule has 0 saturated carbocycles. The number of hydrogen-bond acceptors (Lipinski definition) is 7. The average Bonchev–Trinajstić information content (AvgIpc) is 2.71. The Bertz CT molecular complexity index is 886. The molecule has 1 aliphatic heterocycles. The summed E-state index contributed by atoms with van der Waals surface area (Å²) >= 11 is 1.14. The molecule has 0 atom stereocenters. The Hall–Kier alpha value is -3.20. The van der Waals surface area contributed by atoms with Crippen LogP contribution in [0.4, 0.5) is 16.2 Å². The van der Waals surface area contributed by atoms with Crippen LogP contribution in [0.25, 0.3) is 0 Å². The van der Waals surface area contributed by atoms with Crippen molar-refractivity contribution in [3.63, 3.8) is 0 Å². The van der Waals surface area contributed by atoms with Crippen LogP contribution in [0.5, 0.6) is 5.75 Å². The summed E-state index contributed by atoms with van der Waals surface area (Å²) in [7, 11) is 0. The molecular weight excluding hydrogens is 394 g/mol. The number of oxime groups is 1. The molecule has 0 unspecified atom stereocenters. The van der Waals surface area contributed by atoms with Crippen molar-refractivity contribution >= 4 is 41.6 Å². The van der Waals surface area contributed by atoms with Crippen molar-refractivity contribution in [3.05, 3.63) is 48.0 Å². The van der Waals surface area contributed by atoms with Crippen LogP contribution in [-0.2, 0) is 20.4 Å². The highest BCUT2D eigenvalue weighted by Gasteiger charge is 2.15. The molecule has 2 aromatic carbocycles. The minimum atomic E-state index is -0.437. The molecule has 8 nitrogen and oxygen atoms in total. The summed E-state index contributed by atoms with van der Waals surface area (Å²) in [4.78, 5) is 23.0. The van der Waals surface area contributed by atoms with Gasteiger partial charge in [-0.05, 0) is 55.3 Å². The number of fused-ring (bicyclic) bond motifs is 1. The van der Waals surface area contributed by atoms with Crippen LogP contribution < -0.4 is 15.4 Å². The van der Waals surface area contributed by atoms with Gasteiger partial charge in [0.15, 0.2) is 0 Å². The maximum atomic E-state index is 11.2. The fraction of sp³-hybridized carbons (Fsp3) is 0.250. The number of carbonyl (C=O) groups is 2. The van der Waals surface area contributed by atoms with E-state index in [4.69, 9.17) is 13.8 Å². The SMILES string of the molecule is CC(=O)Nc1ccc(SON=CCCCOc2ccc3c(c2)COC(=O)N3)cc1. The number of rotatable bonds is 9. The van der Waals surface area contributed by atoms with Crippen LogP contribution in [0, 0.1) is 0 Å². The lowest BCUT2D eigenvalue weighted by molar-refractivity contribution is -0.114. The number of ether oxygens (including phenoxy) is 2. The largest absolute Gasteiger partial charge is 0.494 e. The van der Waals surface area contributed by atoms with Gasteiger partial charge < -0.3 is 19.1 Å². The Labute approximate surface area is 172 Å². The van der Waals surface area contributed by atoms with E-state index in [2.05, 4.69) is 15.8 Å². The van der Waals surface area contributed by atoms with Crippen LogP contribution in [0.2, 0.25) is 0 Å². The van der Waals surface area contributed by atoms with Gasteiger partial charge in [-0.25, -0.2) is 4.79 Å². The predicted molar refractivity (Wildman–Crippen MR) is 111 cm³/mol. The van der Waals surface area contributed by atoms with Gasteiger partial charge in [0, 0.05) is 24.4 Å². The minimum absolute atomic E-state index is 0.107. The van der Waals surface area contributed by atoms with Crippen molar-refractivity contribution in [1.82, 2.24) is 0 Å². The highest BCUT2D eigenvalue weighted by Crippen LogP contribution is 2.26. The standard InChI is InChI=1S/C20H21N3O5S/c1-14(24)22-16-4-7-18(8-5-16)29-28-21-10-2-3-11-26-17-6-9-19-15(12-17)13-27-20(25)23-19/h4-10,12H,2-3,11,13H2,1H3,(H,22,24)(H,23,25). The van der Waals surface area contributed by atoms with Gasteiger partial charge in [-0.1, -0.05) is 5.16 Å². The summed E-state index contributed by atoms with van der Waals surface area (Å²) in [5.74, 6) is 0.624. The Kier molecular flexibility index (Phi) is 7.34. The third-order valence-electron chi connectivity index (χ3n) is 3.84. The lowest BCUT2D eigenvalue weighted by atomic mass is 10.1. The third-order valence-corrected chi connectivity index (χ3v) is 4.47. The topological polar surface area (TPSA) is 98.2 Å². The maximum Gasteiger partial charge on any atom is 0.411 e. The number of benzene rings is 2. The second-order valence-electron chi connectivity index (χ2n) is 6.16. The average molecular weight is 415 g/mol. The Morgan fingerprint density at radius 1 is 1.31 bits per heavy atom.